The normalized spacial score (nSPS) is 19.9. The van der Waals surface area contributed by atoms with Crippen molar-refractivity contribution in [1.82, 2.24) is 19.9 Å². The number of rotatable bonds is 4. The summed E-state index contributed by atoms with van der Waals surface area (Å²) in [5.41, 5.74) is 2.04. The molecule has 1 aliphatic heterocycles. The zero-order valence-corrected chi connectivity index (χ0v) is 12.5. The molecule has 0 spiro atoms. The zero-order chi connectivity index (χ0) is 13.9. The average molecular weight is 272 g/mol. The SMILES string of the molecule is CC(C)n1c(CCC2CCCCN2)nc2cccnc21. The summed E-state index contributed by atoms with van der Waals surface area (Å²) in [6.07, 6.45) is 8.06. The second kappa shape index (κ2) is 5.92. The fourth-order valence-electron chi connectivity index (χ4n) is 3.17. The topological polar surface area (TPSA) is 42.7 Å². The summed E-state index contributed by atoms with van der Waals surface area (Å²) < 4.78 is 2.29. The van der Waals surface area contributed by atoms with Crippen LogP contribution in [0.4, 0.5) is 0 Å². The van der Waals surface area contributed by atoms with Crippen molar-refractivity contribution < 1.29 is 0 Å². The summed E-state index contributed by atoms with van der Waals surface area (Å²) in [5.74, 6) is 1.18. The molecule has 1 atom stereocenters. The Labute approximate surface area is 120 Å². The van der Waals surface area contributed by atoms with Crippen LogP contribution in [0.25, 0.3) is 11.2 Å². The minimum atomic E-state index is 0.407. The third-order valence-electron chi connectivity index (χ3n) is 4.17. The first-order valence-electron chi connectivity index (χ1n) is 7.81. The number of nitrogens with one attached hydrogen (secondary N) is 1. The monoisotopic (exact) mass is 272 g/mol. The first kappa shape index (κ1) is 13.6. The Morgan fingerprint density at radius 1 is 1.40 bits per heavy atom. The van der Waals surface area contributed by atoms with E-state index in [9.17, 15) is 0 Å². The van der Waals surface area contributed by atoms with Gasteiger partial charge in [-0.3, -0.25) is 0 Å². The van der Waals surface area contributed by atoms with E-state index in [4.69, 9.17) is 4.98 Å². The molecule has 0 saturated carbocycles. The second-order valence-electron chi connectivity index (χ2n) is 6.02. The number of hydrogen-bond donors (Lipinski definition) is 1. The quantitative estimate of drug-likeness (QED) is 0.930. The van der Waals surface area contributed by atoms with E-state index in [0.29, 0.717) is 12.1 Å². The maximum Gasteiger partial charge on any atom is 0.160 e. The van der Waals surface area contributed by atoms with E-state index < -0.39 is 0 Å². The van der Waals surface area contributed by atoms with E-state index in [0.717, 1.165) is 17.6 Å². The lowest BCUT2D eigenvalue weighted by molar-refractivity contribution is 0.378. The zero-order valence-electron chi connectivity index (χ0n) is 12.5. The Bertz CT molecular complexity index is 567. The molecule has 3 heterocycles. The molecule has 2 aromatic rings. The highest BCUT2D eigenvalue weighted by Crippen LogP contribution is 2.21. The lowest BCUT2D eigenvalue weighted by Gasteiger charge is -2.23. The molecular weight excluding hydrogens is 248 g/mol. The van der Waals surface area contributed by atoms with Crippen LogP contribution in [0.15, 0.2) is 18.3 Å². The average Bonchev–Trinajstić information content (AvgIpc) is 2.84. The molecule has 4 heteroatoms. The highest BCUT2D eigenvalue weighted by molar-refractivity contribution is 5.71. The van der Waals surface area contributed by atoms with Gasteiger partial charge in [0.05, 0.1) is 0 Å². The third kappa shape index (κ3) is 2.70. The molecule has 0 radical (unpaired) electrons. The maximum absolute atomic E-state index is 4.79. The molecule has 0 bridgehead atoms. The molecule has 20 heavy (non-hydrogen) atoms. The number of piperidine rings is 1. The lowest BCUT2D eigenvalue weighted by Crippen LogP contribution is -2.34. The van der Waals surface area contributed by atoms with Gasteiger partial charge < -0.3 is 9.88 Å². The lowest BCUT2D eigenvalue weighted by atomic mass is 10.0. The molecule has 1 unspecified atom stereocenters. The Hall–Kier alpha value is -1.42. The van der Waals surface area contributed by atoms with Crippen LogP contribution >= 0.6 is 0 Å². The number of aromatic nitrogens is 3. The van der Waals surface area contributed by atoms with Crippen molar-refractivity contribution in [2.75, 3.05) is 6.54 Å². The highest BCUT2D eigenvalue weighted by Gasteiger charge is 2.17. The molecule has 0 aliphatic carbocycles. The molecule has 2 aromatic heterocycles. The van der Waals surface area contributed by atoms with Crippen LogP contribution in [0.3, 0.4) is 0 Å². The van der Waals surface area contributed by atoms with Gasteiger partial charge in [0, 0.05) is 24.7 Å². The summed E-state index contributed by atoms with van der Waals surface area (Å²) >= 11 is 0. The largest absolute Gasteiger partial charge is 0.314 e. The maximum atomic E-state index is 4.79. The van der Waals surface area contributed by atoms with Crippen molar-refractivity contribution in [2.24, 2.45) is 0 Å². The molecule has 1 N–H and O–H groups in total. The van der Waals surface area contributed by atoms with Gasteiger partial charge in [-0.1, -0.05) is 6.42 Å². The Balaban J connectivity index is 1.81. The fraction of sp³-hybridized carbons (Fsp3) is 0.625. The fourth-order valence-corrected chi connectivity index (χ4v) is 3.17. The second-order valence-corrected chi connectivity index (χ2v) is 6.02. The van der Waals surface area contributed by atoms with Gasteiger partial charge >= 0.3 is 0 Å². The van der Waals surface area contributed by atoms with E-state index in [1.54, 1.807) is 0 Å². The standard InChI is InChI=1S/C16H24N4/c1-12(2)20-15(9-8-13-6-3-4-10-17-13)19-14-7-5-11-18-16(14)20/h5,7,11-13,17H,3-4,6,8-10H2,1-2H3. The van der Waals surface area contributed by atoms with Crippen molar-refractivity contribution in [1.29, 1.82) is 0 Å². The number of nitrogens with zero attached hydrogens (tertiary/aromatic N) is 3. The Morgan fingerprint density at radius 2 is 2.30 bits per heavy atom. The van der Waals surface area contributed by atoms with Gasteiger partial charge in [0.25, 0.3) is 0 Å². The van der Waals surface area contributed by atoms with Gasteiger partial charge in [-0.05, 0) is 51.8 Å². The Kier molecular flexibility index (Phi) is 4.01. The number of pyridine rings is 1. The number of aryl methyl sites for hydroxylation is 1. The van der Waals surface area contributed by atoms with Crippen LogP contribution in [0, 0.1) is 0 Å². The van der Waals surface area contributed by atoms with Crippen molar-refractivity contribution >= 4 is 11.2 Å². The molecule has 108 valence electrons. The van der Waals surface area contributed by atoms with Crippen molar-refractivity contribution in [2.45, 2.75) is 58.0 Å². The molecule has 3 rings (SSSR count). The summed E-state index contributed by atoms with van der Waals surface area (Å²) in [7, 11) is 0. The summed E-state index contributed by atoms with van der Waals surface area (Å²) in [6, 6.07) is 5.09. The van der Waals surface area contributed by atoms with Gasteiger partial charge in [-0.15, -0.1) is 0 Å². The first-order valence-corrected chi connectivity index (χ1v) is 7.81. The molecule has 0 amide bonds. The van der Waals surface area contributed by atoms with Gasteiger partial charge in [-0.2, -0.15) is 0 Å². The van der Waals surface area contributed by atoms with Crippen molar-refractivity contribution in [3.8, 4) is 0 Å². The number of imidazole rings is 1. The van der Waals surface area contributed by atoms with E-state index in [2.05, 4.69) is 34.8 Å². The van der Waals surface area contributed by atoms with Crippen LogP contribution in [-0.2, 0) is 6.42 Å². The van der Waals surface area contributed by atoms with Gasteiger partial charge in [-0.25, -0.2) is 9.97 Å². The summed E-state index contributed by atoms with van der Waals surface area (Å²) in [6.45, 7) is 5.59. The molecule has 1 fully saturated rings. The predicted molar refractivity (Wildman–Crippen MR) is 81.9 cm³/mol. The molecule has 1 aliphatic rings. The minimum absolute atomic E-state index is 0.407. The van der Waals surface area contributed by atoms with Crippen LogP contribution < -0.4 is 5.32 Å². The number of hydrogen-bond acceptors (Lipinski definition) is 3. The molecule has 1 saturated heterocycles. The summed E-state index contributed by atoms with van der Waals surface area (Å²) in [5, 5.41) is 3.62. The van der Waals surface area contributed by atoms with Crippen LogP contribution in [0.5, 0.6) is 0 Å². The minimum Gasteiger partial charge on any atom is -0.314 e. The van der Waals surface area contributed by atoms with Gasteiger partial charge in [0.15, 0.2) is 5.65 Å². The summed E-state index contributed by atoms with van der Waals surface area (Å²) in [4.78, 5) is 9.29. The van der Waals surface area contributed by atoms with Crippen molar-refractivity contribution in [3.05, 3.63) is 24.2 Å². The van der Waals surface area contributed by atoms with Crippen molar-refractivity contribution in [3.63, 3.8) is 0 Å². The highest BCUT2D eigenvalue weighted by atomic mass is 15.1. The van der Waals surface area contributed by atoms with E-state index in [-0.39, 0.29) is 0 Å². The Morgan fingerprint density at radius 3 is 3.05 bits per heavy atom. The van der Waals surface area contributed by atoms with E-state index in [1.807, 2.05) is 12.3 Å². The van der Waals surface area contributed by atoms with Crippen LogP contribution in [0.2, 0.25) is 0 Å². The first-order chi connectivity index (χ1) is 9.75. The molecule has 0 aromatic carbocycles. The van der Waals surface area contributed by atoms with Crippen LogP contribution in [0.1, 0.15) is 51.4 Å². The smallest absolute Gasteiger partial charge is 0.160 e. The third-order valence-corrected chi connectivity index (χ3v) is 4.17. The number of fused-ring (bicyclic) bond motifs is 1. The predicted octanol–water partition coefficient (Wildman–Crippen LogP) is 3.09. The van der Waals surface area contributed by atoms with Gasteiger partial charge in [0.2, 0.25) is 0 Å². The van der Waals surface area contributed by atoms with E-state index >= 15 is 0 Å². The van der Waals surface area contributed by atoms with E-state index in [1.165, 1.54) is 38.1 Å². The molecule has 4 nitrogen and oxygen atoms in total. The van der Waals surface area contributed by atoms with Crippen LogP contribution in [-0.4, -0.2) is 27.1 Å². The molecular formula is C16H24N4. The van der Waals surface area contributed by atoms with Gasteiger partial charge in [0.1, 0.15) is 11.3 Å².